The molecule has 0 aliphatic rings. The average Bonchev–Trinajstić information content (AvgIpc) is 0.924. The summed E-state index contributed by atoms with van der Waals surface area (Å²) in [5.74, 6) is -17.3. The molecule has 96 heavy (non-hydrogen) atoms. The number of phenolic OH excluding ortho intramolecular Hbond substituents is 20. The summed E-state index contributed by atoms with van der Waals surface area (Å²) in [5.41, 5.74) is 1.40. The van der Waals surface area contributed by atoms with Gasteiger partial charge in [-0.1, -0.05) is 24.3 Å². The fourth-order valence-corrected chi connectivity index (χ4v) is 10.3. The molecule has 0 aliphatic carbocycles. The molecule has 8 rings (SSSR count). The smallest absolute Gasteiger partial charge is 0.338 e. The number of esters is 4. The van der Waals surface area contributed by atoms with Gasteiger partial charge >= 0.3 is 23.9 Å². The Hall–Kier alpha value is -12.4. The highest BCUT2D eigenvalue weighted by Crippen LogP contribution is 2.41. The second kappa shape index (κ2) is 31.8. The average molecular weight is 1330 g/mol. The summed E-state index contributed by atoms with van der Waals surface area (Å²) in [6.45, 7) is -0.749. The van der Waals surface area contributed by atoms with Crippen molar-refractivity contribution in [2.24, 2.45) is 23.7 Å². The van der Waals surface area contributed by atoms with Gasteiger partial charge in [-0.25, -0.2) is 19.2 Å². The Kier molecular flexibility index (Phi) is 23.5. The number of phenols is 20. The highest BCUT2D eigenvalue weighted by atomic mass is 16.5. The molecular formula is C68H68O28. The van der Waals surface area contributed by atoms with Gasteiger partial charge in [-0.3, -0.25) is 0 Å². The number of hydrogen-bond donors (Lipinski definition) is 20. The van der Waals surface area contributed by atoms with E-state index in [9.17, 15) is 121 Å². The van der Waals surface area contributed by atoms with E-state index in [1.165, 1.54) is 48.5 Å². The van der Waals surface area contributed by atoms with Crippen molar-refractivity contribution in [2.75, 3.05) is 26.4 Å². The molecule has 4 atom stereocenters. The first-order valence-corrected chi connectivity index (χ1v) is 29.2. The SMILES string of the molecule is O=C(OCCC[C@@H](Cc1ccc(O)c(O)c1)[C@@H](COC(=O)c1cc(O)c(O)c(O)c1)Cc1ccc(O)c(O)c1)c1cc(O)c(O)c(O)c1.O=C(OCCC[C@H](Cc1ccc(O)c(O)c1)[C@H](COC(=O)c1cc(O)c(O)c(O)c1)Cc1ccc(O)c(O)c1)c1cc(O)c(O)c(O)c1. The molecule has 8 aromatic carbocycles. The Morgan fingerprint density at radius 3 is 0.677 bits per heavy atom. The molecular weight excluding hydrogens is 1260 g/mol. The molecule has 0 amide bonds. The third kappa shape index (κ3) is 18.9. The van der Waals surface area contributed by atoms with Crippen molar-refractivity contribution in [3.05, 3.63) is 166 Å². The number of carbonyl (C=O) groups is 4. The fraction of sp³-hybridized carbons (Fsp3) is 0.235. The first-order chi connectivity index (χ1) is 45.5. The third-order valence-corrected chi connectivity index (χ3v) is 15.5. The lowest BCUT2D eigenvalue weighted by atomic mass is 9.80. The lowest BCUT2D eigenvalue weighted by Crippen LogP contribution is -2.26. The minimum absolute atomic E-state index is 0.128. The van der Waals surface area contributed by atoms with E-state index in [2.05, 4.69) is 0 Å². The normalized spacial score (nSPS) is 12.2. The number of ether oxygens (including phenoxy) is 4. The van der Waals surface area contributed by atoms with Gasteiger partial charge in [-0.05, 0) is 183 Å². The van der Waals surface area contributed by atoms with Gasteiger partial charge in [0.05, 0.1) is 48.7 Å². The number of carbonyl (C=O) groups excluding carboxylic acids is 4. The fourth-order valence-electron chi connectivity index (χ4n) is 10.3. The number of hydrogen-bond acceptors (Lipinski definition) is 28. The van der Waals surface area contributed by atoms with Crippen LogP contribution in [0, 0.1) is 23.7 Å². The highest BCUT2D eigenvalue weighted by Gasteiger charge is 2.29. The molecule has 0 bridgehead atoms. The van der Waals surface area contributed by atoms with E-state index >= 15 is 0 Å². The number of aromatic hydroxyl groups is 20. The molecule has 0 radical (unpaired) electrons. The second-order valence-electron chi connectivity index (χ2n) is 22.4. The molecule has 0 aromatic heterocycles. The van der Waals surface area contributed by atoms with Crippen LogP contribution in [0.15, 0.2) is 121 Å². The molecule has 20 N–H and O–H groups in total. The van der Waals surface area contributed by atoms with Crippen molar-refractivity contribution in [1.29, 1.82) is 0 Å². The van der Waals surface area contributed by atoms with Crippen LogP contribution in [0.25, 0.3) is 0 Å². The summed E-state index contributed by atoms with van der Waals surface area (Å²) in [5, 5.41) is 196. The van der Waals surface area contributed by atoms with Gasteiger partial charge in [0.25, 0.3) is 0 Å². The summed E-state index contributed by atoms with van der Waals surface area (Å²) in [6.07, 6.45) is 2.05. The third-order valence-electron chi connectivity index (χ3n) is 15.5. The molecule has 8 aromatic rings. The van der Waals surface area contributed by atoms with E-state index in [0.717, 1.165) is 48.5 Å². The van der Waals surface area contributed by atoms with Crippen LogP contribution in [-0.2, 0) is 44.6 Å². The Labute approximate surface area is 544 Å². The van der Waals surface area contributed by atoms with E-state index in [1.807, 2.05) is 0 Å². The van der Waals surface area contributed by atoms with Crippen LogP contribution in [0.1, 0.15) is 89.4 Å². The topological polar surface area (TPSA) is 510 Å². The van der Waals surface area contributed by atoms with Crippen LogP contribution in [-0.4, -0.2) is 152 Å². The monoisotopic (exact) mass is 1330 g/mol. The Balaban J connectivity index is 0.000000271. The van der Waals surface area contributed by atoms with E-state index in [1.54, 1.807) is 24.3 Å². The Morgan fingerprint density at radius 2 is 0.458 bits per heavy atom. The molecule has 508 valence electrons. The van der Waals surface area contributed by atoms with Gasteiger partial charge in [-0.15, -0.1) is 0 Å². The predicted molar refractivity (Wildman–Crippen MR) is 333 cm³/mol. The maximum atomic E-state index is 12.9. The van der Waals surface area contributed by atoms with Gasteiger partial charge in [0.2, 0.25) is 0 Å². The van der Waals surface area contributed by atoms with Gasteiger partial charge < -0.3 is 121 Å². The summed E-state index contributed by atoms with van der Waals surface area (Å²) < 4.78 is 21.7. The van der Waals surface area contributed by atoms with Crippen molar-refractivity contribution in [2.45, 2.75) is 51.4 Å². The van der Waals surface area contributed by atoms with E-state index in [0.29, 0.717) is 35.1 Å². The number of benzene rings is 8. The summed E-state index contributed by atoms with van der Waals surface area (Å²) >= 11 is 0. The molecule has 0 unspecified atom stereocenters. The van der Waals surface area contributed by atoms with Crippen LogP contribution >= 0.6 is 0 Å². The molecule has 28 nitrogen and oxygen atoms in total. The molecule has 0 aliphatic heterocycles. The van der Waals surface area contributed by atoms with Crippen molar-refractivity contribution in [3.8, 4) is 115 Å². The van der Waals surface area contributed by atoms with Crippen LogP contribution in [0.2, 0.25) is 0 Å². The van der Waals surface area contributed by atoms with Crippen LogP contribution in [0.3, 0.4) is 0 Å². The van der Waals surface area contributed by atoms with Crippen LogP contribution < -0.4 is 0 Å². The minimum Gasteiger partial charge on any atom is -0.504 e. The first kappa shape index (κ1) is 71.1. The van der Waals surface area contributed by atoms with E-state index in [-0.39, 0.29) is 145 Å². The Bertz CT molecular complexity index is 3770. The van der Waals surface area contributed by atoms with Crippen LogP contribution in [0.5, 0.6) is 115 Å². The van der Waals surface area contributed by atoms with Crippen molar-refractivity contribution in [3.63, 3.8) is 0 Å². The maximum absolute atomic E-state index is 12.9. The first-order valence-electron chi connectivity index (χ1n) is 29.2. The zero-order valence-corrected chi connectivity index (χ0v) is 50.6. The van der Waals surface area contributed by atoms with Crippen molar-refractivity contribution >= 4 is 23.9 Å². The second-order valence-corrected chi connectivity index (χ2v) is 22.4. The van der Waals surface area contributed by atoms with E-state index < -0.39 is 105 Å². The molecule has 0 spiro atoms. The Morgan fingerprint density at radius 1 is 0.250 bits per heavy atom. The lowest BCUT2D eigenvalue weighted by Gasteiger charge is -2.28. The molecule has 0 saturated carbocycles. The summed E-state index contributed by atoms with van der Waals surface area (Å²) in [4.78, 5) is 51.0. The van der Waals surface area contributed by atoms with Gasteiger partial charge in [0, 0.05) is 11.8 Å². The lowest BCUT2D eigenvalue weighted by molar-refractivity contribution is 0.0358. The van der Waals surface area contributed by atoms with Crippen LogP contribution in [0.4, 0.5) is 0 Å². The van der Waals surface area contributed by atoms with Gasteiger partial charge in [-0.2, -0.15) is 0 Å². The van der Waals surface area contributed by atoms with Crippen molar-refractivity contribution in [1.82, 2.24) is 0 Å². The van der Waals surface area contributed by atoms with Gasteiger partial charge in [0.1, 0.15) is 0 Å². The van der Waals surface area contributed by atoms with Crippen molar-refractivity contribution < 1.29 is 140 Å². The highest BCUT2D eigenvalue weighted by molar-refractivity contribution is 5.93. The quantitative estimate of drug-likeness (QED) is 0.0104. The molecule has 0 saturated heterocycles. The maximum Gasteiger partial charge on any atom is 0.338 e. The molecule has 0 heterocycles. The molecule has 28 heteroatoms. The summed E-state index contributed by atoms with van der Waals surface area (Å²) in [6, 6.07) is 24.3. The summed E-state index contributed by atoms with van der Waals surface area (Å²) in [7, 11) is 0. The van der Waals surface area contributed by atoms with E-state index in [4.69, 9.17) is 18.9 Å². The van der Waals surface area contributed by atoms with Gasteiger partial charge in [0.15, 0.2) is 115 Å². The zero-order chi connectivity index (χ0) is 70.2. The minimum atomic E-state index is -0.936. The predicted octanol–water partition coefficient (Wildman–Crippen LogP) is 8.51. The largest absolute Gasteiger partial charge is 0.504 e. The standard InChI is InChI=1S/2C34H34O14/c2*35-23-5-3-17(10-25(23)37)8-19(2-1-7-47-33(45)20-12-27(39)31(43)28(40)13-20)22(9-18-4-6-24(36)26(38)11-18)16-48-34(46)21-14-29(41)32(44)30(42)15-21/h2*3-6,10-15,19,22,35-44H,1-2,7-9,16H2/t2*19-,22+/m10/s1. The molecule has 0 fully saturated rings. The zero-order valence-electron chi connectivity index (χ0n) is 50.6. The number of rotatable bonds is 26.